The lowest BCUT2D eigenvalue weighted by Crippen LogP contribution is -2.39. The molecule has 1 fully saturated rings. The highest BCUT2D eigenvalue weighted by Crippen LogP contribution is 2.17. The molecule has 0 radical (unpaired) electrons. The molecule has 7 nitrogen and oxygen atoms in total. The second-order valence-corrected chi connectivity index (χ2v) is 4.62. The SMILES string of the molecule is O=C(NCCN1C(=O)CSC1=O)Nc1ccccn1. The lowest BCUT2D eigenvalue weighted by Gasteiger charge is -2.13. The van der Waals surface area contributed by atoms with Crippen molar-refractivity contribution in [1.82, 2.24) is 15.2 Å². The van der Waals surface area contributed by atoms with Crippen LogP contribution in [0.4, 0.5) is 15.4 Å². The Bertz CT molecular complexity index is 478. The molecule has 100 valence electrons. The van der Waals surface area contributed by atoms with E-state index in [4.69, 9.17) is 0 Å². The van der Waals surface area contributed by atoms with Gasteiger partial charge in [-0.3, -0.25) is 19.8 Å². The number of urea groups is 1. The molecule has 8 heteroatoms. The van der Waals surface area contributed by atoms with Gasteiger partial charge in [-0.15, -0.1) is 0 Å². The van der Waals surface area contributed by atoms with Crippen molar-refractivity contribution in [2.45, 2.75) is 0 Å². The number of nitrogens with zero attached hydrogens (tertiary/aromatic N) is 2. The molecule has 0 aliphatic carbocycles. The number of hydrogen-bond acceptors (Lipinski definition) is 5. The monoisotopic (exact) mass is 280 g/mol. The minimum atomic E-state index is -0.426. The summed E-state index contributed by atoms with van der Waals surface area (Å²) in [7, 11) is 0. The van der Waals surface area contributed by atoms with E-state index in [1.54, 1.807) is 24.4 Å². The van der Waals surface area contributed by atoms with Crippen molar-refractivity contribution in [3.63, 3.8) is 0 Å². The summed E-state index contributed by atoms with van der Waals surface area (Å²) < 4.78 is 0. The van der Waals surface area contributed by atoms with Gasteiger partial charge >= 0.3 is 6.03 Å². The first kappa shape index (κ1) is 13.3. The lowest BCUT2D eigenvalue weighted by molar-refractivity contribution is -0.124. The second kappa shape index (κ2) is 6.19. The Labute approximate surface area is 113 Å². The van der Waals surface area contributed by atoms with Gasteiger partial charge in [0, 0.05) is 19.3 Å². The highest BCUT2D eigenvalue weighted by Gasteiger charge is 2.29. The molecule has 1 aliphatic heterocycles. The van der Waals surface area contributed by atoms with Crippen molar-refractivity contribution < 1.29 is 14.4 Å². The highest BCUT2D eigenvalue weighted by atomic mass is 32.2. The number of carbonyl (C=O) groups is 3. The number of anilines is 1. The van der Waals surface area contributed by atoms with Crippen molar-refractivity contribution in [1.29, 1.82) is 0 Å². The number of nitrogens with one attached hydrogen (secondary N) is 2. The van der Waals surface area contributed by atoms with E-state index in [0.717, 1.165) is 16.7 Å². The average Bonchev–Trinajstić information content (AvgIpc) is 2.71. The van der Waals surface area contributed by atoms with Gasteiger partial charge in [0.1, 0.15) is 5.82 Å². The predicted molar refractivity (Wildman–Crippen MR) is 70.8 cm³/mol. The van der Waals surface area contributed by atoms with Crippen LogP contribution in [0.15, 0.2) is 24.4 Å². The van der Waals surface area contributed by atoms with Crippen LogP contribution in [0.1, 0.15) is 0 Å². The zero-order valence-electron chi connectivity index (χ0n) is 9.96. The van der Waals surface area contributed by atoms with E-state index >= 15 is 0 Å². The van der Waals surface area contributed by atoms with Gasteiger partial charge in [-0.1, -0.05) is 17.8 Å². The standard InChI is InChI=1S/C11H12N4O3S/c16-9-7-19-11(18)15(9)6-5-13-10(17)14-8-3-1-2-4-12-8/h1-4H,5-7H2,(H2,12,13,14,17). The van der Waals surface area contributed by atoms with E-state index in [9.17, 15) is 14.4 Å². The van der Waals surface area contributed by atoms with Gasteiger partial charge in [0.15, 0.2) is 0 Å². The third kappa shape index (κ3) is 3.68. The maximum absolute atomic E-state index is 11.5. The fourth-order valence-electron chi connectivity index (χ4n) is 1.48. The van der Waals surface area contributed by atoms with Gasteiger partial charge in [-0.2, -0.15) is 0 Å². The van der Waals surface area contributed by atoms with Gasteiger partial charge in [0.25, 0.3) is 5.24 Å². The Morgan fingerprint density at radius 2 is 2.26 bits per heavy atom. The summed E-state index contributed by atoms with van der Waals surface area (Å²) in [5.74, 6) is 0.393. The Morgan fingerprint density at radius 3 is 2.89 bits per heavy atom. The number of pyridine rings is 1. The third-order valence-corrected chi connectivity index (χ3v) is 3.23. The fourth-order valence-corrected chi connectivity index (χ4v) is 2.23. The smallest absolute Gasteiger partial charge is 0.320 e. The van der Waals surface area contributed by atoms with Crippen LogP contribution >= 0.6 is 11.8 Å². The van der Waals surface area contributed by atoms with Crippen LogP contribution in [-0.4, -0.2) is 45.9 Å². The first-order chi connectivity index (χ1) is 9.16. The van der Waals surface area contributed by atoms with Crippen LogP contribution in [0.3, 0.4) is 0 Å². The van der Waals surface area contributed by atoms with Crippen LogP contribution in [-0.2, 0) is 4.79 Å². The molecule has 2 heterocycles. The van der Waals surface area contributed by atoms with Crippen molar-refractivity contribution in [3.05, 3.63) is 24.4 Å². The van der Waals surface area contributed by atoms with Crippen molar-refractivity contribution in [2.75, 3.05) is 24.2 Å². The molecule has 1 saturated heterocycles. The molecular formula is C11H12N4O3S. The first-order valence-electron chi connectivity index (χ1n) is 5.60. The van der Waals surface area contributed by atoms with Gasteiger partial charge in [-0.05, 0) is 12.1 Å². The normalized spacial score (nSPS) is 14.6. The lowest BCUT2D eigenvalue weighted by atomic mass is 10.4. The number of imide groups is 1. The van der Waals surface area contributed by atoms with Gasteiger partial charge in [-0.25, -0.2) is 9.78 Å². The van der Waals surface area contributed by atoms with E-state index in [0.29, 0.717) is 5.82 Å². The average molecular weight is 280 g/mol. The number of thioether (sulfide) groups is 1. The fraction of sp³-hybridized carbons (Fsp3) is 0.273. The molecule has 0 saturated carbocycles. The Hall–Kier alpha value is -2.09. The van der Waals surface area contributed by atoms with Crippen LogP contribution in [0.5, 0.6) is 0 Å². The molecule has 1 aromatic heterocycles. The molecule has 0 unspecified atom stereocenters. The summed E-state index contributed by atoms with van der Waals surface area (Å²) >= 11 is 0.974. The van der Waals surface area contributed by atoms with E-state index in [1.165, 1.54) is 0 Å². The molecule has 19 heavy (non-hydrogen) atoms. The topological polar surface area (TPSA) is 91.4 Å². The maximum Gasteiger partial charge on any atom is 0.320 e. The molecule has 1 aromatic rings. The molecule has 1 aliphatic rings. The summed E-state index contributed by atoms with van der Waals surface area (Å²) in [5, 5.41) is 4.82. The molecule has 0 aromatic carbocycles. The summed E-state index contributed by atoms with van der Waals surface area (Å²) in [6.45, 7) is 0.386. The molecule has 0 bridgehead atoms. The van der Waals surface area contributed by atoms with Crippen LogP contribution in [0.2, 0.25) is 0 Å². The zero-order chi connectivity index (χ0) is 13.7. The van der Waals surface area contributed by atoms with Crippen molar-refractivity contribution in [2.24, 2.45) is 0 Å². The second-order valence-electron chi connectivity index (χ2n) is 3.70. The minimum Gasteiger partial charge on any atom is -0.336 e. The summed E-state index contributed by atoms with van der Waals surface area (Å²) in [6, 6.07) is 4.72. The van der Waals surface area contributed by atoms with Gasteiger partial charge in [0.05, 0.1) is 5.75 Å². The maximum atomic E-state index is 11.5. The number of rotatable bonds is 4. The van der Waals surface area contributed by atoms with Gasteiger partial charge in [0.2, 0.25) is 5.91 Å². The quantitative estimate of drug-likeness (QED) is 0.855. The highest BCUT2D eigenvalue weighted by molar-refractivity contribution is 8.14. The van der Waals surface area contributed by atoms with Crippen LogP contribution in [0.25, 0.3) is 0 Å². The molecule has 0 spiro atoms. The van der Waals surface area contributed by atoms with Gasteiger partial charge < -0.3 is 5.32 Å². The summed E-state index contributed by atoms with van der Waals surface area (Å²) in [4.78, 5) is 39.1. The molecule has 2 N–H and O–H groups in total. The third-order valence-electron chi connectivity index (χ3n) is 2.37. The largest absolute Gasteiger partial charge is 0.336 e. The molecular weight excluding hydrogens is 268 g/mol. The van der Waals surface area contributed by atoms with E-state index < -0.39 is 6.03 Å². The molecule has 2 rings (SSSR count). The van der Waals surface area contributed by atoms with E-state index in [-0.39, 0.29) is 30.0 Å². The van der Waals surface area contributed by atoms with E-state index in [2.05, 4.69) is 15.6 Å². The van der Waals surface area contributed by atoms with Crippen LogP contribution in [0, 0.1) is 0 Å². The molecule has 0 atom stereocenters. The zero-order valence-corrected chi connectivity index (χ0v) is 10.8. The molecule has 4 amide bonds. The van der Waals surface area contributed by atoms with Crippen molar-refractivity contribution in [3.8, 4) is 0 Å². The summed E-state index contributed by atoms with van der Waals surface area (Å²) in [5.41, 5.74) is 0. The minimum absolute atomic E-state index is 0.180. The van der Waals surface area contributed by atoms with Crippen molar-refractivity contribution >= 4 is 34.8 Å². The predicted octanol–water partition coefficient (Wildman–Crippen LogP) is 0.898. The first-order valence-corrected chi connectivity index (χ1v) is 6.58. The number of aromatic nitrogens is 1. The summed E-state index contributed by atoms with van der Waals surface area (Å²) in [6.07, 6.45) is 1.56. The Morgan fingerprint density at radius 1 is 1.42 bits per heavy atom. The Balaban J connectivity index is 1.72. The van der Waals surface area contributed by atoms with E-state index in [1.807, 2.05) is 0 Å². The number of carbonyl (C=O) groups excluding carboxylic acids is 3. The Kier molecular flexibility index (Phi) is 4.35. The van der Waals surface area contributed by atoms with Crippen LogP contribution < -0.4 is 10.6 Å². The number of hydrogen-bond donors (Lipinski definition) is 2. The number of amides is 4.